The van der Waals surface area contributed by atoms with Gasteiger partial charge in [0.05, 0.1) is 12.1 Å². The number of benzene rings is 2. The molecule has 0 saturated heterocycles. The molecule has 0 heterocycles. The van der Waals surface area contributed by atoms with Crippen molar-refractivity contribution in [1.82, 2.24) is 10.2 Å². The van der Waals surface area contributed by atoms with Crippen molar-refractivity contribution >= 4 is 5.91 Å². The van der Waals surface area contributed by atoms with Crippen LogP contribution in [0.5, 0.6) is 0 Å². The zero-order chi connectivity index (χ0) is 18.1. The molecule has 2 rings (SSSR count). The molecule has 0 fully saturated rings. The van der Waals surface area contributed by atoms with Gasteiger partial charge >= 0.3 is 0 Å². The van der Waals surface area contributed by atoms with E-state index < -0.39 is 6.04 Å². The van der Waals surface area contributed by atoms with Crippen molar-refractivity contribution in [2.45, 2.75) is 32.4 Å². The second kappa shape index (κ2) is 9.97. The first-order valence-electron chi connectivity index (χ1n) is 9.01. The van der Waals surface area contributed by atoms with Gasteiger partial charge in [-0.2, -0.15) is 0 Å². The normalized spacial score (nSPS) is 13.4. The molecule has 25 heavy (non-hydrogen) atoms. The van der Waals surface area contributed by atoms with Gasteiger partial charge in [0.15, 0.2) is 0 Å². The van der Waals surface area contributed by atoms with Crippen molar-refractivity contribution in [3.63, 3.8) is 0 Å². The average molecular weight is 339 g/mol. The minimum atomic E-state index is -0.532. The van der Waals surface area contributed by atoms with Crippen LogP contribution in [0.2, 0.25) is 0 Å². The molecule has 0 aliphatic carbocycles. The Bertz CT molecular complexity index is 626. The average Bonchev–Trinajstić information content (AvgIpc) is 2.66. The van der Waals surface area contributed by atoms with E-state index in [1.807, 2.05) is 48.5 Å². The van der Waals surface area contributed by atoms with Crippen molar-refractivity contribution < 1.29 is 4.79 Å². The van der Waals surface area contributed by atoms with Gasteiger partial charge in [-0.3, -0.25) is 9.69 Å². The summed E-state index contributed by atoms with van der Waals surface area (Å²) >= 11 is 0. The zero-order valence-electron chi connectivity index (χ0n) is 15.2. The molecule has 4 heteroatoms. The Kier molecular flexibility index (Phi) is 7.64. The van der Waals surface area contributed by atoms with Gasteiger partial charge in [0.2, 0.25) is 5.91 Å². The maximum absolute atomic E-state index is 12.4. The quantitative estimate of drug-likeness (QED) is 0.738. The van der Waals surface area contributed by atoms with Gasteiger partial charge in [0.1, 0.15) is 0 Å². The fourth-order valence-electron chi connectivity index (χ4n) is 3.09. The monoisotopic (exact) mass is 339 g/mol. The van der Waals surface area contributed by atoms with Crippen molar-refractivity contribution in [2.75, 3.05) is 19.6 Å². The molecule has 3 N–H and O–H groups in total. The number of nitrogens with two attached hydrogens (primary N) is 1. The highest BCUT2D eigenvalue weighted by Gasteiger charge is 2.20. The molecule has 2 unspecified atom stereocenters. The van der Waals surface area contributed by atoms with E-state index in [-0.39, 0.29) is 11.9 Å². The highest BCUT2D eigenvalue weighted by atomic mass is 16.2. The molecule has 0 aliphatic rings. The first kappa shape index (κ1) is 19.2. The Morgan fingerprint density at radius 3 is 2.12 bits per heavy atom. The maximum Gasteiger partial charge on any atom is 0.237 e. The summed E-state index contributed by atoms with van der Waals surface area (Å²) < 4.78 is 0. The van der Waals surface area contributed by atoms with Crippen LogP contribution in [0.3, 0.4) is 0 Å². The second-order valence-corrected chi connectivity index (χ2v) is 6.19. The van der Waals surface area contributed by atoms with E-state index in [2.05, 4.69) is 36.2 Å². The van der Waals surface area contributed by atoms with Gasteiger partial charge in [0, 0.05) is 6.54 Å². The number of amides is 1. The van der Waals surface area contributed by atoms with Crippen molar-refractivity contribution in [2.24, 2.45) is 5.73 Å². The molecule has 0 spiro atoms. The number of nitrogens with zero attached hydrogens (tertiary/aromatic N) is 1. The summed E-state index contributed by atoms with van der Waals surface area (Å²) in [6, 6.07) is 19.8. The molecular formula is C21H29N3O. The largest absolute Gasteiger partial charge is 0.353 e. The maximum atomic E-state index is 12.4. The summed E-state index contributed by atoms with van der Waals surface area (Å²) in [7, 11) is 0. The van der Waals surface area contributed by atoms with Crippen LogP contribution in [0, 0.1) is 0 Å². The summed E-state index contributed by atoms with van der Waals surface area (Å²) in [6.07, 6.45) is 0.550. The van der Waals surface area contributed by atoms with Crippen LogP contribution in [0.25, 0.3) is 0 Å². The van der Waals surface area contributed by atoms with E-state index in [1.165, 1.54) is 5.56 Å². The number of rotatable bonds is 9. The lowest BCUT2D eigenvalue weighted by Crippen LogP contribution is -2.45. The van der Waals surface area contributed by atoms with Crippen LogP contribution in [0.4, 0.5) is 0 Å². The van der Waals surface area contributed by atoms with Gasteiger partial charge in [-0.1, -0.05) is 74.5 Å². The summed E-state index contributed by atoms with van der Waals surface area (Å²) in [5.74, 6) is -0.100. The molecule has 0 saturated carbocycles. The Labute approximate surface area is 151 Å². The predicted octanol–water partition coefficient (Wildman–Crippen LogP) is 2.76. The Balaban J connectivity index is 1.98. The lowest BCUT2D eigenvalue weighted by atomic mass is 10.0. The third-order valence-electron chi connectivity index (χ3n) is 4.54. The molecule has 1 amide bonds. The highest BCUT2D eigenvalue weighted by Crippen LogP contribution is 2.19. The molecule has 0 radical (unpaired) electrons. The number of likely N-dealkylation sites (N-methyl/N-ethyl adjacent to an activating group) is 1. The second-order valence-electron chi connectivity index (χ2n) is 6.19. The highest BCUT2D eigenvalue weighted by molar-refractivity contribution is 5.81. The van der Waals surface area contributed by atoms with E-state index in [0.29, 0.717) is 13.0 Å². The standard InChI is InChI=1S/C21H29N3O/c1-3-24(4-2)20(18-13-9-6-10-14-18)16-23-21(25)19(22)15-17-11-7-5-8-12-17/h5-14,19-20H,3-4,15-16,22H2,1-2H3,(H,23,25). The molecule has 2 atom stereocenters. The van der Waals surface area contributed by atoms with Crippen LogP contribution >= 0.6 is 0 Å². The van der Waals surface area contributed by atoms with E-state index in [4.69, 9.17) is 5.73 Å². The minimum Gasteiger partial charge on any atom is -0.353 e. The molecular weight excluding hydrogens is 310 g/mol. The van der Waals surface area contributed by atoms with Gasteiger partial charge in [-0.25, -0.2) is 0 Å². The number of carbonyl (C=O) groups excluding carboxylic acids is 1. The lowest BCUT2D eigenvalue weighted by molar-refractivity contribution is -0.122. The van der Waals surface area contributed by atoms with E-state index >= 15 is 0 Å². The Morgan fingerprint density at radius 2 is 1.56 bits per heavy atom. The molecule has 2 aromatic rings. The van der Waals surface area contributed by atoms with Crippen LogP contribution < -0.4 is 11.1 Å². The number of nitrogens with one attached hydrogen (secondary N) is 1. The van der Waals surface area contributed by atoms with Crippen LogP contribution in [-0.2, 0) is 11.2 Å². The SMILES string of the molecule is CCN(CC)C(CNC(=O)C(N)Cc1ccccc1)c1ccccc1. The van der Waals surface area contributed by atoms with Crippen LogP contribution in [0.15, 0.2) is 60.7 Å². The topological polar surface area (TPSA) is 58.4 Å². The third-order valence-corrected chi connectivity index (χ3v) is 4.54. The number of hydrogen-bond donors (Lipinski definition) is 2. The van der Waals surface area contributed by atoms with Crippen molar-refractivity contribution in [1.29, 1.82) is 0 Å². The molecule has 2 aromatic carbocycles. The Morgan fingerprint density at radius 1 is 1.00 bits per heavy atom. The van der Waals surface area contributed by atoms with Gasteiger partial charge in [0.25, 0.3) is 0 Å². The zero-order valence-corrected chi connectivity index (χ0v) is 15.2. The van der Waals surface area contributed by atoms with E-state index in [0.717, 1.165) is 18.7 Å². The predicted molar refractivity (Wildman–Crippen MR) is 103 cm³/mol. The van der Waals surface area contributed by atoms with E-state index in [9.17, 15) is 4.79 Å². The molecule has 4 nitrogen and oxygen atoms in total. The molecule has 134 valence electrons. The van der Waals surface area contributed by atoms with Gasteiger partial charge in [-0.05, 0) is 30.6 Å². The number of hydrogen-bond acceptors (Lipinski definition) is 3. The first-order valence-corrected chi connectivity index (χ1v) is 9.01. The van der Waals surface area contributed by atoms with Gasteiger partial charge < -0.3 is 11.1 Å². The fraction of sp³-hybridized carbons (Fsp3) is 0.381. The molecule has 0 aromatic heterocycles. The Hall–Kier alpha value is -2.17. The summed E-state index contributed by atoms with van der Waals surface area (Å²) in [6.45, 7) is 6.71. The van der Waals surface area contributed by atoms with Gasteiger partial charge in [-0.15, -0.1) is 0 Å². The van der Waals surface area contributed by atoms with E-state index in [1.54, 1.807) is 0 Å². The smallest absolute Gasteiger partial charge is 0.237 e. The van der Waals surface area contributed by atoms with Crippen LogP contribution in [0.1, 0.15) is 31.0 Å². The third kappa shape index (κ3) is 5.69. The first-order chi connectivity index (χ1) is 12.2. The van der Waals surface area contributed by atoms with Crippen molar-refractivity contribution in [3.8, 4) is 0 Å². The fourth-order valence-corrected chi connectivity index (χ4v) is 3.09. The van der Waals surface area contributed by atoms with Crippen molar-refractivity contribution in [3.05, 3.63) is 71.8 Å². The number of carbonyl (C=O) groups is 1. The minimum absolute atomic E-state index is 0.100. The summed E-state index contributed by atoms with van der Waals surface area (Å²) in [5, 5.41) is 3.04. The summed E-state index contributed by atoms with van der Waals surface area (Å²) in [4.78, 5) is 14.8. The van der Waals surface area contributed by atoms with Crippen LogP contribution in [-0.4, -0.2) is 36.5 Å². The molecule has 0 aliphatic heterocycles. The summed E-state index contributed by atoms with van der Waals surface area (Å²) in [5.41, 5.74) is 8.38. The lowest BCUT2D eigenvalue weighted by Gasteiger charge is -2.30. The molecule has 0 bridgehead atoms.